The Bertz CT molecular complexity index is 1060. The molecule has 3 aliphatic carbocycles. The molecule has 150 valence electrons. The summed E-state index contributed by atoms with van der Waals surface area (Å²) in [6.45, 7) is 0.774. The zero-order chi connectivity index (χ0) is 19.5. The van der Waals surface area contributed by atoms with Gasteiger partial charge in [-0.05, 0) is 74.6 Å². The first kappa shape index (κ1) is 17.5. The van der Waals surface area contributed by atoms with E-state index >= 15 is 0 Å². The highest BCUT2D eigenvalue weighted by molar-refractivity contribution is 5.78. The van der Waals surface area contributed by atoms with E-state index in [4.69, 9.17) is 15.8 Å². The molecule has 29 heavy (non-hydrogen) atoms. The molecule has 3 fully saturated rings. The van der Waals surface area contributed by atoms with Crippen molar-refractivity contribution in [3.05, 3.63) is 41.9 Å². The second-order valence-corrected chi connectivity index (χ2v) is 9.23. The normalized spacial score (nSPS) is 28.9. The summed E-state index contributed by atoms with van der Waals surface area (Å²) in [5, 5.41) is 14.6. The number of hydrogen-bond donors (Lipinski definition) is 2. The zero-order valence-electron chi connectivity index (χ0n) is 16.5. The van der Waals surface area contributed by atoms with E-state index in [2.05, 4.69) is 34.1 Å². The molecule has 6 heteroatoms. The smallest absolute Gasteiger partial charge is 0.0927 e. The first-order valence-electron chi connectivity index (χ1n) is 10.9. The van der Waals surface area contributed by atoms with Gasteiger partial charge in [-0.15, -0.1) is 0 Å². The Labute approximate surface area is 170 Å². The molecule has 0 bridgehead atoms. The third-order valence-corrected chi connectivity index (χ3v) is 7.07. The van der Waals surface area contributed by atoms with E-state index in [-0.39, 0.29) is 6.10 Å². The summed E-state index contributed by atoms with van der Waals surface area (Å²) >= 11 is 0. The van der Waals surface area contributed by atoms with Crippen molar-refractivity contribution in [2.75, 3.05) is 6.54 Å². The molecule has 0 unspecified atom stereocenters. The van der Waals surface area contributed by atoms with Gasteiger partial charge in [-0.2, -0.15) is 5.10 Å². The first-order valence-corrected chi connectivity index (χ1v) is 10.9. The van der Waals surface area contributed by atoms with Gasteiger partial charge in [0.1, 0.15) is 0 Å². The topological polar surface area (TPSA) is 89.9 Å². The van der Waals surface area contributed by atoms with Gasteiger partial charge in [-0.1, -0.05) is 6.07 Å². The molecule has 0 saturated heterocycles. The van der Waals surface area contributed by atoms with Gasteiger partial charge >= 0.3 is 0 Å². The Morgan fingerprint density at radius 1 is 1.07 bits per heavy atom. The molecule has 3 aromatic rings. The summed E-state index contributed by atoms with van der Waals surface area (Å²) < 4.78 is 2.16. The van der Waals surface area contributed by atoms with Crippen molar-refractivity contribution < 1.29 is 5.11 Å². The summed E-state index contributed by atoms with van der Waals surface area (Å²) in [5.74, 6) is 1.65. The lowest BCUT2D eigenvalue weighted by molar-refractivity contribution is 0.0747. The highest BCUT2D eigenvalue weighted by Gasteiger charge is 2.35. The van der Waals surface area contributed by atoms with Crippen LogP contribution in [-0.2, 0) is 0 Å². The van der Waals surface area contributed by atoms with E-state index in [1.165, 1.54) is 24.1 Å². The molecule has 0 amide bonds. The molecule has 3 saturated carbocycles. The number of nitrogens with two attached hydrogens (primary N) is 1. The minimum absolute atomic E-state index is 0.148. The Hall–Kier alpha value is -2.31. The second-order valence-electron chi connectivity index (χ2n) is 9.23. The van der Waals surface area contributed by atoms with Crippen LogP contribution < -0.4 is 5.73 Å². The highest BCUT2D eigenvalue weighted by atomic mass is 16.3. The van der Waals surface area contributed by atoms with Crippen LogP contribution in [0.5, 0.6) is 0 Å². The minimum atomic E-state index is -0.148. The van der Waals surface area contributed by atoms with Gasteiger partial charge in [-0.3, -0.25) is 9.67 Å². The summed E-state index contributed by atoms with van der Waals surface area (Å²) in [7, 11) is 0. The maximum absolute atomic E-state index is 9.63. The fourth-order valence-corrected chi connectivity index (χ4v) is 4.83. The minimum Gasteiger partial charge on any atom is -0.393 e. The highest BCUT2D eigenvalue weighted by Crippen LogP contribution is 2.45. The van der Waals surface area contributed by atoms with Crippen LogP contribution >= 0.6 is 0 Å². The fourth-order valence-electron chi connectivity index (χ4n) is 4.83. The number of aromatic nitrogens is 4. The number of nitrogens with zero attached hydrogens (tertiary/aromatic N) is 4. The van der Waals surface area contributed by atoms with Crippen molar-refractivity contribution in [3.63, 3.8) is 0 Å². The lowest BCUT2D eigenvalue weighted by atomic mass is 9.77. The van der Waals surface area contributed by atoms with E-state index in [1.807, 2.05) is 6.20 Å². The summed E-state index contributed by atoms with van der Waals surface area (Å²) in [6.07, 6.45) is 10.3. The van der Waals surface area contributed by atoms with Crippen LogP contribution in [0.2, 0.25) is 0 Å². The van der Waals surface area contributed by atoms with E-state index in [1.54, 1.807) is 0 Å². The fraction of sp³-hybridized carbons (Fsp3) is 0.522. The maximum atomic E-state index is 9.63. The predicted molar refractivity (Wildman–Crippen MR) is 112 cm³/mol. The van der Waals surface area contributed by atoms with E-state index in [9.17, 15) is 5.11 Å². The second kappa shape index (κ2) is 6.61. The molecule has 6 rings (SSSR count). The van der Waals surface area contributed by atoms with Gasteiger partial charge in [0, 0.05) is 17.7 Å². The lowest BCUT2D eigenvalue weighted by Gasteiger charge is -2.34. The standard InChI is InChI=1S/C23H27N5O/c24-10-13-5-17(6-13)28-12-19(23(27-28)14-1-2-14)22-11-25-20-4-3-15(9-21(20)26-22)16-7-18(29)8-16/h3-4,9,11-14,16-18,29H,1-2,5-8,10,24H2. The van der Waals surface area contributed by atoms with Crippen LogP contribution in [0.3, 0.4) is 0 Å². The lowest BCUT2D eigenvalue weighted by Crippen LogP contribution is -2.32. The molecule has 0 radical (unpaired) electrons. The molecule has 0 atom stereocenters. The van der Waals surface area contributed by atoms with Crippen molar-refractivity contribution in [1.29, 1.82) is 0 Å². The predicted octanol–water partition coefficient (Wildman–Crippen LogP) is 3.52. The van der Waals surface area contributed by atoms with Crippen LogP contribution in [0.25, 0.3) is 22.3 Å². The largest absolute Gasteiger partial charge is 0.393 e. The van der Waals surface area contributed by atoms with Gasteiger partial charge in [0.2, 0.25) is 0 Å². The average Bonchev–Trinajstić information content (AvgIpc) is 3.43. The molecule has 0 aliphatic heterocycles. The van der Waals surface area contributed by atoms with E-state index in [0.717, 1.165) is 54.5 Å². The third kappa shape index (κ3) is 3.06. The first-order chi connectivity index (χ1) is 14.2. The van der Waals surface area contributed by atoms with Crippen molar-refractivity contribution in [2.45, 2.75) is 62.5 Å². The Morgan fingerprint density at radius 3 is 2.62 bits per heavy atom. The Balaban J connectivity index is 1.35. The van der Waals surface area contributed by atoms with Gasteiger partial charge in [0.25, 0.3) is 0 Å². The number of fused-ring (bicyclic) bond motifs is 1. The molecular weight excluding hydrogens is 362 g/mol. The molecule has 1 aromatic carbocycles. The number of hydrogen-bond acceptors (Lipinski definition) is 5. The Morgan fingerprint density at radius 2 is 1.90 bits per heavy atom. The number of aliphatic hydroxyl groups excluding tert-OH is 1. The summed E-state index contributed by atoms with van der Waals surface area (Å²) in [6, 6.07) is 6.81. The van der Waals surface area contributed by atoms with Crippen molar-refractivity contribution >= 4 is 11.0 Å². The Kier molecular flexibility index (Phi) is 4.00. The molecule has 3 aliphatic rings. The number of aliphatic hydroxyl groups is 1. The number of benzene rings is 1. The molecular formula is C23H27N5O. The maximum Gasteiger partial charge on any atom is 0.0927 e. The van der Waals surface area contributed by atoms with Crippen LogP contribution in [0.15, 0.2) is 30.6 Å². The van der Waals surface area contributed by atoms with Crippen LogP contribution in [-0.4, -0.2) is 37.5 Å². The molecule has 2 aromatic heterocycles. The van der Waals surface area contributed by atoms with Gasteiger partial charge in [-0.25, -0.2) is 4.98 Å². The van der Waals surface area contributed by atoms with E-state index < -0.39 is 0 Å². The third-order valence-electron chi connectivity index (χ3n) is 7.07. The molecule has 0 spiro atoms. The monoisotopic (exact) mass is 389 g/mol. The van der Waals surface area contributed by atoms with E-state index in [0.29, 0.717) is 23.8 Å². The quantitative estimate of drug-likeness (QED) is 0.697. The average molecular weight is 390 g/mol. The molecule has 2 heterocycles. The zero-order valence-corrected chi connectivity index (χ0v) is 16.5. The van der Waals surface area contributed by atoms with Gasteiger partial charge in [0.05, 0.1) is 40.8 Å². The van der Waals surface area contributed by atoms with Crippen molar-refractivity contribution in [1.82, 2.24) is 19.7 Å². The molecule has 3 N–H and O–H groups in total. The summed E-state index contributed by atoms with van der Waals surface area (Å²) in [4.78, 5) is 9.67. The SMILES string of the molecule is NCC1CC(n2cc(-c3cnc4ccc(C5CC(O)C5)cc4n3)c(C3CC3)n2)C1. The van der Waals surface area contributed by atoms with Crippen LogP contribution in [0.4, 0.5) is 0 Å². The van der Waals surface area contributed by atoms with Crippen LogP contribution in [0, 0.1) is 5.92 Å². The van der Waals surface area contributed by atoms with Crippen molar-refractivity contribution in [2.24, 2.45) is 11.7 Å². The van der Waals surface area contributed by atoms with Gasteiger partial charge in [0.15, 0.2) is 0 Å². The summed E-state index contributed by atoms with van der Waals surface area (Å²) in [5.41, 5.74) is 12.2. The number of rotatable bonds is 5. The van der Waals surface area contributed by atoms with Gasteiger partial charge < -0.3 is 10.8 Å². The van der Waals surface area contributed by atoms with Crippen LogP contribution in [0.1, 0.15) is 67.7 Å². The molecule has 6 nitrogen and oxygen atoms in total. The van der Waals surface area contributed by atoms with Crippen molar-refractivity contribution in [3.8, 4) is 11.3 Å².